The number of benzene rings is 2. The number of anilines is 1. The summed E-state index contributed by atoms with van der Waals surface area (Å²) in [6.45, 7) is 6.24. The normalized spacial score (nSPS) is 10.7. The molecule has 0 aliphatic heterocycles. The van der Waals surface area contributed by atoms with E-state index in [0.29, 0.717) is 21.5 Å². The molecule has 0 radical (unpaired) electrons. The molecule has 26 heavy (non-hydrogen) atoms. The van der Waals surface area contributed by atoms with Crippen LogP contribution in [0.2, 0.25) is 5.02 Å². The maximum Gasteiger partial charge on any atom is 0.261 e. The third-order valence-corrected chi connectivity index (χ3v) is 5.24. The monoisotopic (exact) mass is 386 g/mol. The highest BCUT2D eigenvalue weighted by atomic mass is 35.5. The van der Waals surface area contributed by atoms with Gasteiger partial charge in [0.2, 0.25) is 0 Å². The van der Waals surface area contributed by atoms with Crippen molar-refractivity contribution in [2.45, 2.75) is 20.8 Å². The van der Waals surface area contributed by atoms with E-state index in [-0.39, 0.29) is 5.91 Å². The first kappa shape index (κ1) is 18.4. The molecule has 3 rings (SSSR count). The molecular formula is C20H19ClN2O2S. The highest BCUT2D eigenvalue weighted by Crippen LogP contribution is 2.30. The Hall–Kier alpha value is -2.37. The largest absolute Gasteiger partial charge is 0.496 e. The number of carbonyl (C=O) groups is 1. The Kier molecular flexibility index (Phi) is 5.30. The molecule has 0 spiro atoms. The number of carbonyl (C=O) groups excluding carboxylic acids is 1. The van der Waals surface area contributed by atoms with Crippen LogP contribution in [0.3, 0.4) is 0 Å². The molecule has 134 valence electrons. The van der Waals surface area contributed by atoms with E-state index in [4.69, 9.17) is 16.3 Å². The van der Waals surface area contributed by atoms with Crippen LogP contribution in [0.1, 0.15) is 27.0 Å². The van der Waals surface area contributed by atoms with Gasteiger partial charge in [-0.1, -0.05) is 17.7 Å². The fraction of sp³-hybridized carbons (Fsp3) is 0.200. The van der Waals surface area contributed by atoms with Crippen LogP contribution in [0.15, 0.2) is 35.7 Å². The van der Waals surface area contributed by atoms with Gasteiger partial charge in [0.1, 0.15) is 5.75 Å². The summed E-state index contributed by atoms with van der Waals surface area (Å²) in [4.78, 5) is 17.1. The predicted molar refractivity (Wildman–Crippen MR) is 108 cm³/mol. The summed E-state index contributed by atoms with van der Waals surface area (Å²) in [5.74, 6) is 0.163. The topological polar surface area (TPSA) is 51.2 Å². The molecule has 0 fully saturated rings. The van der Waals surface area contributed by atoms with E-state index >= 15 is 0 Å². The van der Waals surface area contributed by atoms with Gasteiger partial charge in [-0.25, -0.2) is 4.98 Å². The zero-order valence-electron chi connectivity index (χ0n) is 15.0. The van der Waals surface area contributed by atoms with Gasteiger partial charge < -0.3 is 4.74 Å². The average Bonchev–Trinajstić information content (AvgIpc) is 3.06. The van der Waals surface area contributed by atoms with E-state index < -0.39 is 0 Å². The molecule has 1 aromatic heterocycles. The zero-order valence-corrected chi connectivity index (χ0v) is 16.6. The van der Waals surface area contributed by atoms with Crippen molar-refractivity contribution >= 4 is 34.0 Å². The number of thiazole rings is 1. The number of hydrogen-bond donors (Lipinski definition) is 1. The van der Waals surface area contributed by atoms with E-state index in [1.807, 2.05) is 5.38 Å². The van der Waals surface area contributed by atoms with Crippen molar-refractivity contribution in [3.05, 3.63) is 63.0 Å². The minimum atomic E-state index is -0.304. The summed E-state index contributed by atoms with van der Waals surface area (Å²) in [5.41, 5.74) is 5.93. The molecule has 4 nitrogen and oxygen atoms in total. The van der Waals surface area contributed by atoms with Crippen LogP contribution in [0.5, 0.6) is 5.75 Å². The number of aryl methyl sites for hydroxylation is 3. The third-order valence-electron chi connectivity index (χ3n) is 4.25. The Labute approximate surface area is 161 Å². The van der Waals surface area contributed by atoms with Gasteiger partial charge in [0.05, 0.1) is 18.4 Å². The summed E-state index contributed by atoms with van der Waals surface area (Å²) < 4.78 is 5.24. The van der Waals surface area contributed by atoms with Crippen molar-refractivity contribution in [1.82, 2.24) is 4.98 Å². The first-order valence-corrected chi connectivity index (χ1v) is 9.33. The van der Waals surface area contributed by atoms with Crippen molar-refractivity contribution in [1.29, 1.82) is 0 Å². The summed E-state index contributed by atoms with van der Waals surface area (Å²) in [6, 6.07) is 9.21. The molecule has 6 heteroatoms. The second-order valence-electron chi connectivity index (χ2n) is 6.09. The Morgan fingerprint density at radius 2 is 1.85 bits per heavy atom. The number of hydrogen-bond acceptors (Lipinski definition) is 4. The molecule has 3 aromatic rings. The molecule has 1 heterocycles. The van der Waals surface area contributed by atoms with E-state index in [9.17, 15) is 4.79 Å². The molecule has 0 aliphatic rings. The SMILES string of the molecule is COc1ccc(Cl)cc1C(=O)Nc1nc(-c2cc(C)c(C)cc2C)cs1. The summed E-state index contributed by atoms with van der Waals surface area (Å²) in [7, 11) is 1.52. The number of methoxy groups -OCH3 is 1. The number of ether oxygens (including phenoxy) is 1. The molecule has 1 amide bonds. The van der Waals surface area contributed by atoms with E-state index in [1.54, 1.807) is 18.2 Å². The third kappa shape index (κ3) is 3.74. The van der Waals surface area contributed by atoms with Crippen molar-refractivity contribution in [2.24, 2.45) is 0 Å². The van der Waals surface area contributed by atoms with E-state index in [0.717, 1.165) is 16.8 Å². The van der Waals surface area contributed by atoms with Gasteiger partial charge in [-0.3, -0.25) is 10.1 Å². The number of aromatic nitrogens is 1. The molecule has 0 saturated heterocycles. The van der Waals surface area contributed by atoms with Gasteiger partial charge in [0, 0.05) is 16.0 Å². The minimum Gasteiger partial charge on any atom is -0.496 e. The Bertz CT molecular complexity index is 982. The smallest absolute Gasteiger partial charge is 0.261 e. The highest BCUT2D eigenvalue weighted by Gasteiger charge is 2.16. The fourth-order valence-electron chi connectivity index (χ4n) is 2.71. The van der Waals surface area contributed by atoms with Crippen LogP contribution in [-0.2, 0) is 0 Å². The molecule has 0 atom stereocenters. The average molecular weight is 387 g/mol. The second kappa shape index (κ2) is 7.48. The lowest BCUT2D eigenvalue weighted by Crippen LogP contribution is -2.13. The first-order chi connectivity index (χ1) is 12.4. The van der Waals surface area contributed by atoms with Crippen LogP contribution in [0, 0.1) is 20.8 Å². The van der Waals surface area contributed by atoms with Crippen LogP contribution in [0.25, 0.3) is 11.3 Å². The molecule has 0 aliphatic carbocycles. The van der Waals surface area contributed by atoms with Gasteiger partial charge in [0.15, 0.2) is 5.13 Å². The number of nitrogens with one attached hydrogen (secondary N) is 1. The number of amides is 1. The van der Waals surface area contributed by atoms with Crippen LogP contribution in [-0.4, -0.2) is 18.0 Å². The molecule has 0 saturated carbocycles. The highest BCUT2D eigenvalue weighted by molar-refractivity contribution is 7.14. The van der Waals surface area contributed by atoms with Crippen molar-refractivity contribution in [3.8, 4) is 17.0 Å². The maximum atomic E-state index is 12.6. The molecular weight excluding hydrogens is 368 g/mol. The van der Waals surface area contributed by atoms with Gasteiger partial charge in [-0.2, -0.15) is 0 Å². The molecule has 0 bridgehead atoms. The number of rotatable bonds is 4. The summed E-state index contributed by atoms with van der Waals surface area (Å²) in [5, 5.41) is 5.78. The molecule has 2 aromatic carbocycles. The second-order valence-corrected chi connectivity index (χ2v) is 7.38. The fourth-order valence-corrected chi connectivity index (χ4v) is 3.59. The Balaban J connectivity index is 1.86. The van der Waals surface area contributed by atoms with Crippen LogP contribution in [0.4, 0.5) is 5.13 Å². The quantitative estimate of drug-likeness (QED) is 0.630. The maximum absolute atomic E-state index is 12.6. The zero-order chi connectivity index (χ0) is 18.8. The van der Waals surface area contributed by atoms with Crippen LogP contribution >= 0.6 is 22.9 Å². The van der Waals surface area contributed by atoms with E-state index in [2.05, 4.69) is 43.2 Å². The Morgan fingerprint density at radius 1 is 1.12 bits per heavy atom. The lowest BCUT2D eigenvalue weighted by Gasteiger charge is -2.08. The van der Waals surface area contributed by atoms with Crippen molar-refractivity contribution in [2.75, 3.05) is 12.4 Å². The van der Waals surface area contributed by atoms with Crippen molar-refractivity contribution in [3.63, 3.8) is 0 Å². The van der Waals surface area contributed by atoms with Gasteiger partial charge in [-0.15, -0.1) is 11.3 Å². The van der Waals surface area contributed by atoms with E-state index in [1.165, 1.54) is 29.6 Å². The van der Waals surface area contributed by atoms with Gasteiger partial charge in [0.25, 0.3) is 5.91 Å². The van der Waals surface area contributed by atoms with Crippen molar-refractivity contribution < 1.29 is 9.53 Å². The first-order valence-electron chi connectivity index (χ1n) is 8.07. The predicted octanol–water partition coefficient (Wildman–Crippen LogP) is 5.65. The standard InChI is InChI=1S/C20H19ClN2O2S/c1-11-7-13(3)15(8-12(11)2)17-10-26-20(22-17)23-19(24)16-9-14(21)5-6-18(16)25-4/h5-10H,1-4H3,(H,22,23,24). The van der Waals surface area contributed by atoms with Gasteiger partial charge in [-0.05, 0) is 61.7 Å². The molecule has 1 N–H and O–H groups in total. The molecule has 0 unspecified atom stereocenters. The number of halogens is 1. The van der Waals surface area contributed by atoms with Gasteiger partial charge >= 0.3 is 0 Å². The lowest BCUT2D eigenvalue weighted by molar-refractivity contribution is 0.102. The summed E-state index contributed by atoms with van der Waals surface area (Å²) >= 11 is 7.39. The summed E-state index contributed by atoms with van der Waals surface area (Å²) in [6.07, 6.45) is 0. The van der Waals surface area contributed by atoms with Crippen LogP contribution < -0.4 is 10.1 Å². The Morgan fingerprint density at radius 3 is 2.58 bits per heavy atom. The number of nitrogens with zero attached hydrogens (tertiary/aromatic N) is 1. The minimum absolute atomic E-state index is 0.304. The lowest BCUT2D eigenvalue weighted by atomic mass is 9.99.